The summed E-state index contributed by atoms with van der Waals surface area (Å²) < 4.78 is 0. The fourth-order valence-corrected chi connectivity index (χ4v) is 0.500. The Balaban J connectivity index is 2.99. The summed E-state index contributed by atoms with van der Waals surface area (Å²) in [6.07, 6.45) is 4.15. The van der Waals surface area contributed by atoms with E-state index in [1.165, 1.54) is 5.57 Å². The number of hydrogen-bond acceptors (Lipinski definition) is 0. The smallest absolute Gasteiger partial charge is 0.106 e. The van der Waals surface area contributed by atoms with Crippen molar-refractivity contribution in [3.8, 4) is 0 Å². The maximum absolute atomic E-state index is 3.82. The highest BCUT2D eigenvalue weighted by molar-refractivity contribution is 4.94. The van der Waals surface area contributed by atoms with Crippen LogP contribution in [0.1, 0.15) is 25.7 Å². The first-order valence-corrected chi connectivity index (χ1v) is 3.06. The molecule has 0 fully saturated rings. The van der Waals surface area contributed by atoms with Gasteiger partial charge in [-0.3, -0.25) is 0 Å². The van der Waals surface area contributed by atoms with Crippen molar-refractivity contribution in [2.45, 2.75) is 25.7 Å². The van der Waals surface area contributed by atoms with E-state index in [2.05, 4.69) is 20.4 Å². The number of allylic oxidation sites excluding steroid dienone is 1. The van der Waals surface area contributed by atoms with Crippen LogP contribution in [0.2, 0.25) is 0 Å². The summed E-state index contributed by atoms with van der Waals surface area (Å²) in [5.41, 5.74) is 1.24. The summed E-state index contributed by atoms with van der Waals surface area (Å²) in [6, 6.07) is 0. The Labute approximate surface area is 52.6 Å². The number of rotatable bonds is 4. The minimum Gasteiger partial charge on any atom is -0.343 e. The van der Waals surface area contributed by atoms with E-state index in [-0.39, 0.29) is 0 Å². The Hall–Kier alpha value is -0.390. The minimum atomic E-state index is 0.875. The lowest BCUT2D eigenvalue weighted by atomic mass is 10.1. The molecule has 0 aliphatic heterocycles. The van der Waals surface area contributed by atoms with Crippen LogP contribution < -0.4 is 0 Å². The van der Waals surface area contributed by atoms with Crippen LogP contribution in [-0.2, 0) is 0 Å². The van der Waals surface area contributed by atoms with E-state index in [4.69, 9.17) is 0 Å². The summed E-state index contributed by atoms with van der Waals surface area (Å²) in [5, 5.41) is 0. The van der Waals surface area contributed by atoms with Crippen molar-refractivity contribution in [1.29, 1.82) is 0 Å². The fourth-order valence-electron chi connectivity index (χ4n) is 0.500. The fraction of sp³-hybridized carbons (Fsp3) is 0.500. The molecule has 0 bridgehead atoms. The highest BCUT2D eigenvalue weighted by Gasteiger charge is 1.89. The lowest BCUT2D eigenvalue weighted by molar-refractivity contribution is 0.817. The lowest BCUT2D eigenvalue weighted by Crippen LogP contribution is -1.77. The quantitative estimate of drug-likeness (QED) is 0.385. The van der Waals surface area contributed by atoms with Crippen LogP contribution >= 0.6 is 0 Å². The van der Waals surface area contributed by atoms with Gasteiger partial charge in [0.1, 0.15) is 6.42 Å². The molecular weight excluding hydrogens is 96.1 g/mol. The summed E-state index contributed by atoms with van der Waals surface area (Å²) >= 11 is 0. The molecule has 0 saturated carbocycles. The monoisotopic (exact) mass is 110 g/mol. The number of hydrogen-bond donors (Lipinski definition) is 0. The van der Waals surface area contributed by atoms with Crippen molar-refractivity contribution in [2.75, 3.05) is 0 Å². The van der Waals surface area contributed by atoms with Crippen LogP contribution in [0.15, 0.2) is 12.2 Å². The molecule has 0 amide bonds. The first-order valence-electron chi connectivity index (χ1n) is 3.06. The van der Waals surface area contributed by atoms with E-state index in [9.17, 15) is 0 Å². The Bertz CT molecular complexity index is 62.4. The second-order valence-electron chi connectivity index (χ2n) is 1.96. The van der Waals surface area contributed by atoms with E-state index in [0.29, 0.717) is 0 Å². The maximum atomic E-state index is 3.82. The van der Waals surface area contributed by atoms with Crippen molar-refractivity contribution < 1.29 is 0 Å². The van der Waals surface area contributed by atoms with Gasteiger partial charge in [0.05, 0.1) is 6.92 Å². The summed E-state index contributed by atoms with van der Waals surface area (Å²) in [7, 11) is 0. The van der Waals surface area contributed by atoms with Crippen LogP contribution in [0.3, 0.4) is 0 Å². The van der Waals surface area contributed by atoms with Crippen LogP contribution in [0.5, 0.6) is 0 Å². The van der Waals surface area contributed by atoms with E-state index in [1.807, 2.05) is 0 Å². The van der Waals surface area contributed by atoms with Gasteiger partial charge in [0.15, 0.2) is 0 Å². The second-order valence-corrected chi connectivity index (χ2v) is 1.96. The van der Waals surface area contributed by atoms with Crippen molar-refractivity contribution >= 4 is 0 Å². The molecule has 0 saturated heterocycles. The van der Waals surface area contributed by atoms with Gasteiger partial charge in [0.25, 0.3) is 0 Å². The second kappa shape index (κ2) is 4.76. The largest absolute Gasteiger partial charge is 0.343 e. The Morgan fingerprint density at radius 3 is 2.62 bits per heavy atom. The molecule has 0 aromatic heterocycles. The molecule has 46 valence electrons. The molecule has 0 aliphatic rings. The minimum absolute atomic E-state index is 0.875. The van der Waals surface area contributed by atoms with Crippen molar-refractivity contribution in [2.24, 2.45) is 0 Å². The lowest BCUT2D eigenvalue weighted by Gasteiger charge is -1.97. The molecule has 0 atom stereocenters. The summed E-state index contributed by atoms with van der Waals surface area (Å²) in [6.45, 7) is 11.3. The number of unbranched alkanes of at least 4 members (excludes halogenated alkanes) is 1. The standard InChI is InChI=1S/C8H14/c1-4-6-7-8(3)5-2/h1-7H2. The maximum Gasteiger partial charge on any atom is 0.106 e. The van der Waals surface area contributed by atoms with Crippen LogP contribution in [-0.4, -0.2) is 0 Å². The van der Waals surface area contributed by atoms with Crippen molar-refractivity contribution in [1.82, 2.24) is 0 Å². The molecule has 0 N–H and O–H groups in total. The van der Waals surface area contributed by atoms with Gasteiger partial charge in [-0.2, -0.15) is 6.42 Å². The zero-order valence-corrected chi connectivity index (χ0v) is 5.45. The summed E-state index contributed by atoms with van der Waals surface area (Å²) in [4.78, 5) is 0. The Morgan fingerprint density at radius 1 is 1.62 bits per heavy atom. The van der Waals surface area contributed by atoms with Gasteiger partial charge in [-0.05, 0) is 12.0 Å². The third kappa shape index (κ3) is 3.79. The van der Waals surface area contributed by atoms with Gasteiger partial charge in [-0.1, -0.05) is 13.0 Å². The molecule has 0 nitrogen and oxygen atoms in total. The topological polar surface area (TPSA) is 0 Å². The van der Waals surface area contributed by atoms with Gasteiger partial charge >= 0.3 is 0 Å². The van der Waals surface area contributed by atoms with Crippen LogP contribution in [0.25, 0.3) is 0 Å². The Kier molecular flexibility index (Phi) is 4.53. The molecule has 0 rings (SSSR count). The van der Waals surface area contributed by atoms with Gasteiger partial charge in [0, 0.05) is 0 Å². The normalized spacial score (nSPS) is 9.12. The third-order valence-corrected chi connectivity index (χ3v) is 1.13. The zero-order valence-electron chi connectivity index (χ0n) is 5.45. The predicted octanol–water partition coefficient (Wildman–Crippen LogP) is 2.77. The molecule has 0 radical (unpaired) electrons. The van der Waals surface area contributed by atoms with Gasteiger partial charge < -0.3 is 6.92 Å². The molecule has 0 aromatic rings. The van der Waals surface area contributed by atoms with Gasteiger partial charge in [-0.15, -0.1) is 0 Å². The molecular formula is C8H14. The highest BCUT2D eigenvalue weighted by Crippen LogP contribution is 2.06. The van der Waals surface area contributed by atoms with Crippen molar-refractivity contribution in [3.63, 3.8) is 0 Å². The average Bonchev–Trinajstić information content (AvgIpc) is 1.83. The Morgan fingerprint density at radius 2 is 2.25 bits per heavy atom. The van der Waals surface area contributed by atoms with Crippen molar-refractivity contribution in [3.05, 3.63) is 26.0 Å². The molecule has 0 unspecified atom stereocenters. The SMILES string of the molecule is C=C(C[CH2+])CCC[CH2-]. The van der Waals surface area contributed by atoms with Gasteiger partial charge in [0.2, 0.25) is 0 Å². The third-order valence-electron chi connectivity index (χ3n) is 1.13. The molecule has 8 heavy (non-hydrogen) atoms. The molecule has 0 spiro atoms. The van der Waals surface area contributed by atoms with E-state index >= 15 is 0 Å². The van der Waals surface area contributed by atoms with Crippen LogP contribution in [0, 0.1) is 13.8 Å². The first kappa shape index (κ1) is 7.61. The van der Waals surface area contributed by atoms with Gasteiger partial charge in [-0.25, -0.2) is 0 Å². The summed E-state index contributed by atoms with van der Waals surface area (Å²) in [5.74, 6) is 0. The molecule has 0 heterocycles. The van der Waals surface area contributed by atoms with E-state index in [1.54, 1.807) is 0 Å². The predicted molar refractivity (Wildman–Crippen MR) is 38.3 cm³/mol. The van der Waals surface area contributed by atoms with E-state index in [0.717, 1.165) is 25.7 Å². The molecule has 0 aliphatic carbocycles. The van der Waals surface area contributed by atoms with Crippen LogP contribution in [0.4, 0.5) is 0 Å². The first-order chi connectivity index (χ1) is 3.81. The molecule has 0 heteroatoms. The molecule has 0 aromatic carbocycles. The zero-order chi connectivity index (χ0) is 6.41. The highest BCUT2D eigenvalue weighted by atomic mass is 13.9. The average molecular weight is 110 g/mol. The van der Waals surface area contributed by atoms with E-state index < -0.39 is 0 Å².